The number of likely N-dealkylation sites (tertiary alicyclic amines) is 1. The lowest BCUT2D eigenvalue weighted by atomic mass is 10.0. The van der Waals surface area contributed by atoms with E-state index in [9.17, 15) is 4.79 Å². The van der Waals surface area contributed by atoms with Crippen molar-refractivity contribution < 1.29 is 9.32 Å². The number of carbonyl (C=O) groups excluding carboxylic acids is 1. The minimum atomic E-state index is 0.285. The van der Waals surface area contributed by atoms with E-state index < -0.39 is 0 Å². The first-order valence-electron chi connectivity index (χ1n) is 11.2. The van der Waals surface area contributed by atoms with Gasteiger partial charge < -0.3 is 9.42 Å². The topological polar surface area (TPSA) is 65.7 Å². The zero-order valence-corrected chi connectivity index (χ0v) is 18.2. The van der Waals surface area contributed by atoms with Crippen molar-refractivity contribution in [3.63, 3.8) is 0 Å². The van der Waals surface area contributed by atoms with Crippen molar-refractivity contribution in [1.29, 1.82) is 0 Å². The third-order valence-corrected chi connectivity index (χ3v) is 6.20. The molecule has 2 aromatic rings. The Bertz CT molecular complexity index is 818. The molecule has 0 saturated carbocycles. The van der Waals surface area contributed by atoms with Gasteiger partial charge in [-0.25, -0.2) is 0 Å². The van der Waals surface area contributed by atoms with E-state index >= 15 is 0 Å². The largest absolute Gasteiger partial charge is 0.342 e. The van der Waals surface area contributed by atoms with Crippen LogP contribution in [0.4, 0.5) is 0 Å². The fourth-order valence-electron chi connectivity index (χ4n) is 4.18. The lowest BCUT2D eigenvalue weighted by Gasteiger charge is -2.35. The predicted molar refractivity (Wildman–Crippen MR) is 116 cm³/mol. The van der Waals surface area contributed by atoms with Crippen LogP contribution in [0.2, 0.25) is 0 Å². The molecule has 2 fully saturated rings. The first kappa shape index (κ1) is 21.0. The Kier molecular flexibility index (Phi) is 6.79. The van der Waals surface area contributed by atoms with Gasteiger partial charge in [-0.15, -0.1) is 0 Å². The van der Waals surface area contributed by atoms with E-state index in [1.807, 2.05) is 4.90 Å². The van der Waals surface area contributed by atoms with Crippen molar-refractivity contribution in [3.05, 3.63) is 35.7 Å². The number of nitrogens with zero attached hydrogens (tertiary/aromatic N) is 5. The zero-order valence-electron chi connectivity index (χ0n) is 18.2. The molecule has 7 nitrogen and oxygen atoms in total. The van der Waals surface area contributed by atoms with Crippen LogP contribution in [0.3, 0.4) is 0 Å². The lowest BCUT2D eigenvalue weighted by molar-refractivity contribution is -0.133. The molecule has 0 unspecified atom stereocenters. The molecule has 3 heterocycles. The fourth-order valence-corrected chi connectivity index (χ4v) is 4.18. The second kappa shape index (κ2) is 9.71. The van der Waals surface area contributed by atoms with Crippen molar-refractivity contribution in [3.8, 4) is 11.4 Å². The molecule has 0 N–H and O–H groups in total. The van der Waals surface area contributed by atoms with Crippen molar-refractivity contribution >= 4 is 5.91 Å². The summed E-state index contributed by atoms with van der Waals surface area (Å²) in [6.07, 6.45) is 3.55. The summed E-state index contributed by atoms with van der Waals surface area (Å²) in [6.45, 7) is 11.1. The number of piperazine rings is 1. The molecule has 1 aromatic heterocycles. The Morgan fingerprint density at radius 1 is 0.967 bits per heavy atom. The van der Waals surface area contributed by atoms with Gasteiger partial charge in [0, 0.05) is 44.8 Å². The molecule has 2 aliphatic rings. The van der Waals surface area contributed by atoms with E-state index in [2.05, 4.69) is 58.1 Å². The number of aromatic nitrogens is 2. The molecule has 162 valence electrons. The monoisotopic (exact) mass is 411 g/mol. The highest BCUT2D eigenvalue weighted by Gasteiger charge is 2.23. The summed E-state index contributed by atoms with van der Waals surface area (Å²) in [4.78, 5) is 23.7. The van der Waals surface area contributed by atoms with Gasteiger partial charge in [-0.1, -0.05) is 43.3 Å². The first-order chi connectivity index (χ1) is 14.6. The molecule has 7 heteroatoms. The van der Waals surface area contributed by atoms with Crippen LogP contribution in [-0.2, 0) is 11.3 Å². The molecular formula is C23H33N5O2. The first-order valence-corrected chi connectivity index (χ1v) is 11.2. The van der Waals surface area contributed by atoms with Gasteiger partial charge in [0.15, 0.2) is 0 Å². The van der Waals surface area contributed by atoms with Gasteiger partial charge in [-0.3, -0.25) is 14.6 Å². The summed E-state index contributed by atoms with van der Waals surface area (Å²) in [6, 6.07) is 8.37. The Morgan fingerprint density at radius 3 is 2.30 bits per heavy atom. The lowest BCUT2D eigenvalue weighted by Crippen LogP contribution is -2.50. The van der Waals surface area contributed by atoms with Crippen molar-refractivity contribution in [1.82, 2.24) is 24.8 Å². The molecule has 0 atom stereocenters. The molecular weight excluding hydrogens is 378 g/mol. The van der Waals surface area contributed by atoms with Crippen LogP contribution in [-0.4, -0.2) is 76.6 Å². The second-order valence-electron chi connectivity index (χ2n) is 8.78. The highest BCUT2D eigenvalue weighted by molar-refractivity contribution is 5.78. The van der Waals surface area contributed by atoms with Gasteiger partial charge in [-0.2, -0.15) is 4.98 Å². The van der Waals surface area contributed by atoms with Gasteiger partial charge in [0.05, 0.1) is 13.1 Å². The van der Waals surface area contributed by atoms with E-state index in [0.29, 0.717) is 30.7 Å². The van der Waals surface area contributed by atoms with Gasteiger partial charge in [0.25, 0.3) is 0 Å². The maximum Gasteiger partial charge on any atom is 0.241 e. The summed E-state index contributed by atoms with van der Waals surface area (Å²) in [5.74, 6) is 2.09. The minimum Gasteiger partial charge on any atom is -0.342 e. The van der Waals surface area contributed by atoms with Crippen LogP contribution in [0.15, 0.2) is 28.8 Å². The molecule has 0 spiro atoms. The zero-order chi connectivity index (χ0) is 20.9. The third kappa shape index (κ3) is 5.26. The summed E-state index contributed by atoms with van der Waals surface area (Å²) in [5, 5.41) is 4.16. The SMILES string of the molecule is CC(C)c1ccc(-c2noc(CN3CCN(CC(=O)N4CCCCC4)CC3)n2)cc1. The molecule has 1 aromatic carbocycles. The Balaban J connectivity index is 1.25. The van der Waals surface area contributed by atoms with Gasteiger partial charge in [-0.05, 0) is 30.7 Å². The number of amides is 1. The Hall–Kier alpha value is -2.25. The second-order valence-corrected chi connectivity index (χ2v) is 8.78. The molecule has 2 aliphatic heterocycles. The Morgan fingerprint density at radius 2 is 1.63 bits per heavy atom. The highest BCUT2D eigenvalue weighted by Crippen LogP contribution is 2.21. The van der Waals surface area contributed by atoms with Crippen LogP contribution in [0.25, 0.3) is 11.4 Å². The van der Waals surface area contributed by atoms with Gasteiger partial charge in [0.2, 0.25) is 17.6 Å². The molecule has 2 saturated heterocycles. The quantitative estimate of drug-likeness (QED) is 0.728. The highest BCUT2D eigenvalue weighted by atomic mass is 16.5. The fraction of sp³-hybridized carbons (Fsp3) is 0.609. The number of piperidine rings is 1. The molecule has 1 amide bonds. The Labute approximate surface area is 179 Å². The number of rotatable bonds is 6. The molecule has 30 heavy (non-hydrogen) atoms. The maximum atomic E-state index is 12.5. The van der Waals surface area contributed by atoms with Gasteiger partial charge >= 0.3 is 0 Å². The maximum absolute atomic E-state index is 12.5. The summed E-state index contributed by atoms with van der Waals surface area (Å²) in [7, 11) is 0. The third-order valence-electron chi connectivity index (χ3n) is 6.20. The molecule has 4 rings (SSSR count). The minimum absolute atomic E-state index is 0.285. The van der Waals surface area contributed by atoms with Crippen LogP contribution >= 0.6 is 0 Å². The summed E-state index contributed by atoms with van der Waals surface area (Å²) in [5.41, 5.74) is 2.29. The summed E-state index contributed by atoms with van der Waals surface area (Å²) >= 11 is 0. The number of hydrogen-bond donors (Lipinski definition) is 0. The normalized spacial score (nSPS) is 18.8. The predicted octanol–water partition coefficient (Wildman–Crippen LogP) is 2.99. The van der Waals surface area contributed by atoms with Crippen LogP contribution < -0.4 is 0 Å². The molecule has 0 bridgehead atoms. The van der Waals surface area contributed by atoms with Crippen molar-refractivity contribution in [2.75, 3.05) is 45.8 Å². The van der Waals surface area contributed by atoms with Crippen molar-refractivity contribution in [2.45, 2.75) is 45.6 Å². The number of hydrogen-bond acceptors (Lipinski definition) is 6. The van der Waals surface area contributed by atoms with E-state index in [4.69, 9.17) is 4.52 Å². The smallest absolute Gasteiger partial charge is 0.241 e. The van der Waals surface area contributed by atoms with E-state index in [-0.39, 0.29) is 5.91 Å². The van der Waals surface area contributed by atoms with E-state index in [0.717, 1.165) is 57.7 Å². The standard InChI is InChI=1S/C23H33N5O2/c1-18(2)19-6-8-20(9-7-19)23-24-21(30-25-23)16-26-12-14-27(15-13-26)17-22(29)28-10-4-3-5-11-28/h6-9,18H,3-5,10-17H2,1-2H3. The van der Waals surface area contributed by atoms with Crippen LogP contribution in [0.5, 0.6) is 0 Å². The van der Waals surface area contributed by atoms with E-state index in [1.54, 1.807) is 0 Å². The number of carbonyl (C=O) groups is 1. The summed E-state index contributed by atoms with van der Waals surface area (Å²) < 4.78 is 5.49. The average molecular weight is 412 g/mol. The van der Waals surface area contributed by atoms with Gasteiger partial charge in [0.1, 0.15) is 0 Å². The molecule has 0 radical (unpaired) electrons. The molecule has 0 aliphatic carbocycles. The number of benzene rings is 1. The van der Waals surface area contributed by atoms with Crippen molar-refractivity contribution in [2.24, 2.45) is 0 Å². The average Bonchev–Trinajstić information content (AvgIpc) is 3.24. The van der Waals surface area contributed by atoms with Crippen LogP contribution in [0.1, 0.15) is 50.5 Å². The van der Waals surface area contributed by atoms with E-state index in [1.165, 1.54) is 12.0 Å². The van der Waals surface area contributed by atoms with Crippen LogP contribution in [0, 0.1) is 0 Å².